The lowest BCUT2D eigenvalue weighted by Gasteiger charge is -2.09. The van der Waals surface area contributed by atoms with Crippen LogP contribution in [0.2, 0.25) is 0 Å². The van der Waals surface area contributed by atoms with E-state index >= 15 is 0 Å². The number of ether oxygens (including phenoxy) is 1. The van der Waals surface area contributed by atoms with Crippen LogP contribution in [0.15, 0.2) is 47.4 Å². The maximum absolute atomic E-state index is 12.2. The Morgan fingerprint density at radius 2 is 1.88 bits per heavy atom. The zero-order valence-corrected chi connectivity index (χ0v) is 15.0. The van der Waals surface area contributed by atoms with E-state index in [2.05, 4.69) is 5.32 Å². The molecule has 0 unspecified atom stereocenters. The average Bonchev–Trinajstić information content (AvgIpc) is 2.60. The maximum atomic E-state index is 12.2. The Bertz CT molecular complexity index is 781. The van der Waals surface area contributed by atoms with E-state index in [4.69, 9.17) is 4.74 Å². The summed E-state index contributed by atoms with van der Waals surface area (Å²) in [6.07, 6.45) is 1.42. The normalized spacial score (nSPS) is 9.60. The molecule has 1 aromatic heterocycles. The molecule has 0 aliphatic heterocycles. The number of benzene rings is 1. The number of amides is 1. The van der Waals surface area contributed by atoms with Crippen LogP contribution in [0.5, 0.6) is 0 Å². The first-order chi connectivity index (χ1) is 12.0. The first-order valence-electron chi connectivity index (χ1n) is 8.23. The third kappa shape index (κ3) is 6.25. The maximum Gasteiger partial charge on any atom is 0.326 e. The molecule has 0 aliphatic carbocycles. The van der Waals surface area contributed by atoms with Gasteiger partial charge in [0.2, 0.25) is 0 Å². The van der Waals surface area contributed by atoms with E-state index in [0.717, 1.165) is 5.56 Å². The first-order valence-corrected chi connectivity index (χ1v) is 8.23. The van der Waals surface area contributed by atoms with Crippen molar-refractivity contribution in [3.05, 3.63) is 64.1 Å². The highest BCUT2D eigenvalue weighted by molar-refractivity contribution is 6.04. The van der Waals surface area contributed by atoms with E-state index in [9.17, 15) is 14.4 Å². The Labute approximate surface area is 147 Å². The van der Waals surface area contributed by atoms with Crippen LogP contribution in [0.25, 0.3) is 0 Å². The summed E-state index contributed by atoms with van der Waals surface area (Å²) in [6.45, 7) is 7.65. The lowest BCUT2D eigenvalue weighted by molar-refractivity contribution is -0.143. The topological polar surface area (TPSA) is 77.4 Å². The number of pyridine rings is 1. The van der Waals surface area contributed by atoms with Crippen LogP contribution in [-0.4, -0.2) is 23.1 Å². The van der Waals surface area contributed by atoms with E-state index in [1.54, 1.807) is 25.1 Å². The van der Waals surface area contributed by atoms with E-state index in [1.165, 1.54) is 22.9 Å². The van der Waals surface area contributed by atoms with Gasteiger partial charge in [-0.25, -0.2) is 0 Å². The molecule has 0 radical (unpaired) electrons. The molecule has 0 saturated heterocycles. The fourth-order valence-corrected chi connectivity index (χ4v) is 2.06. The fourth-order valence-electron chi connectivity index (χ4n) is 2.06. The lowest BCUT2D eigenvalue weighted by Crippen LogP contribution is -2.25. The summed E-state index contributed by atoms with van der Waals surface area (Å²) in [7, 11) is 0. The summed E-state index contributed by atoms with van der Waals surface area (Å²) in [5.74, 6) is -0.785. The van der Waals surface area contributed by atoms with E-state index in [1.807, 2.05) is 26.8 Å². The number of carbonyl (C=O) groups excluding carboxylic acids is 2. The van der Waals surface area contributed by atoms with Crippen LogP contribution < -0.4 is 10.9 Å². The van der Waals surface area contributed by atoms with Gasteiger partial charge in [0, 0.05) is 17.8 Å². The summed E-state index contributed by atoms with van der Waals surface area (Å²) >= 11 is 0. The first kappa shape index (κ1) is 20.2. The molecule has 6 nitrogen and oxygen atoms in total. The summed E-state index contributed by atoms with van der Waals surface area (Å²) < 4.78 is 6.02. The second-order valence-corrected chi connectivity index (χ2v) is 5.01. The van der Waals surface area contributed by atoms with Crippen LogP contribution >= 0.6 is 0 Å². The molecule has 2 rings (SSSR count). The molecular weight excluding hydrogens is 320 g/mol. The Morgan fingerprint density at radius 3 is 2.52 bits per heavy atom. The molecule has 0 spiro atoms. The number of aryl methyl sites for hydroxylation is 1. The highest BCUT2D eigenvalue weighted by atomic mass is 16.5. The lowest BCUT2D eigenvalue weighted by atomic mass is 10.1. The number of esters is 1. The number of anilines is 1. The zero-order chi connectivity index (χ0) is 18.8. The van der Waals surface area contributed by atoms with Crippen molar-refractivity contribution in [2.45, 2.75) is 34.2 Å². The molecule has 1 heterocycles. The van der Waals surface area contributed by atoms with Crippen molar-refractivity contribution >= 4 is 17.6 Å². The molecule has 1 amide bonds. The Morgan fingerprint density at radius 1 is 1.16 bits per heavy atom. The van der Waals surface area contributed by atoms with Crippen molar-refractivity contribution in [2.24, 2.45) is 0 Å². The van der Waals surface area contributed by atoms with Crippen LogP contribution in [0.4, 0.5) is 5.69 Å². The van der Waals surface area contributed by atoms with Crippen molar-refractivity contribution in [2.75, 3.05) is 11.9 Å². The molecule has 0 bridgehead atoms. The van der Waals surface area contributed by atoms with Gasteiger partial charge >= 0.3 is 5.97 Å². The minimum atomic E-state index is -0.503. The number of aromatic nitrogens is 1. The molecule has 0 aliphatic rings. The number of nitrogens with zero attached hydrogens (tertiary/aromatic N) is 1. The van der Waals surface area contributed by atoms with Crippen LogP contribution in [0.1, 0.15) is 36.7 Å². The number of rotatable bonds is 5. The number of carbonyl (C=O) groups is 2. The van der Waals surface area contributed by atoms with Crippen molar-refractivity contribution in [1.29, 1.82) is 0 Å². The molecule has 0 fully saturated rings. The predicted molar refractivity (Wildman–Crippen MR) is 97.8 cm³/mol. The third-order valence-corrected chi connectivity index (χ3v) is 3.13. The third-order valence-electron chi connectivity index (χ3n) is 3.13. The molecule has 134 valence electrons. The number of nitrogens with one attached hydrogen (secondary N) is 1. The molecular formula is C19H24N2O4. The fraction of sp³-hybridized carbons (Fsp3) is 0.316. The molecule has 1 aromatic carbocycles. The van der Waals surface area contributed by atoms with Gasteiger partial charge in [0.1, 0.15) is 6.54 Å². The largest absolute Gasteiger partial charge is 0.465 e. The summed E-state index contributed by atoms with van der Waals surface area (Å²) in [6, 6.07) is 9.96. The van der Waals surface area contributed by atoms with Crippen molar-refractivity contribution < 1.29 is 14.3 Å². The molecule has 0 atom stereocenters. The van der Waals surface area contributed by atoms with Gasteiger partial charge in [0.15, 0.2) is 0 Å². The Kier molecular flexibility index (Phi) is 8.12. The van der Waals surface area contributed by atoms with Gasteiger partial charge in [-0.15, -0.1) is 0 Å². The molecule has 25 heavy (non-hydrogen) atoms. The zero-order valence-electron chi connectivity index (χ0n) is 15.0. The summed E-state index contributed by atoms with van der Waals surface area (Å²) in [5, 5.41) is 2.71. The van der Waals surface area contributed by atoms with Crippen LogP contribution in [0, 0.1) is 6.92 Å². The van der Waals surface area contributed by atoms with Gasteiger partial charge in [-0.2, -0.15) is 0 Å². The highest BCUT2D eigenvalue weighted by Gasteiger charge is 2.09. The monoisotopic (exact) mass is 344 g/mol. The quantitative estimate of drug-likeness (QED) is 0.846. The number of hydrogen-bond donors (Lipinski definition) is 1. The predicted octanol–water partition coefficient (Wildman–Crippen LogP) is 3.00. The molecule has 2 aromatic rings. The summed E-state index contributed by atoms with van der Waals surface area (Å²) in [5.41, 5.74) is 1.59. The standard InChI is InChI=1S/C17H18N2O4.C2H6/c1-3-23-16(21)11-19-10-14(7-8-15(19)20)18-17(22)13-6-4-5-12(2)9-13;1-2/h4-10H,3,11H2,1-2H3,(H,18,22);1-2H3. The van der Waals surface area contributed by atoms with Gasteiger partial charge in [0.25, 0.3) is 11.5 Å². The van der Waals surface area contributed by atoms with Crippen LogP contribution in [-0.2, 0) is 16.1 Å². The number of hydrogen-bond acceptors (Lipinski definition) is 4. The Hall–Kier alpha value is -2.89. The minimum Gasteiger partial charge on any atom is -0.465 e. The van der Waals surface area contributed by atoms with Crippen LogP contribution in [0.3, 0.4) is 0 Å². The SMILES string of the molecule is CC.CCOC(=O)Cn1cc(NC(=O)c2cccc(C)c2)ccc1=O. The molecule has 0 saturated carbocycles. The average molecular weight is 344 g/mol. The second kappa shape index (κ2) is 10.1. The van der Waals surface area contributed by atoms with Gasteiger partial charge in [0.05, 0.1) is 12.3 Å². The smallest absolute Gasteiger partial charge is 0.326 e. The molecule has 1 N–H and O–H groups in total. The second-order valence-electron chi connectivity index (χ2n) is 5.01. The highest BCUT2D eigenvalue weighted by Crippen LogP contribution is 2.09. The van der Waals surface area contributed by atoms with Crippen molar-refractivity contribution in [1.82, 2.24) is 4.57 Å². The van der Waals surface area contributed by atoms with Gasteiger partial charge in [-0.3, -0.25) is 14.4 Å². The van der Waals surface area contributed by atoms with Gasteiger partial charge in [-0.05, 0) is 32.0 Å². The van der Waals surface area contributed by atoms with Gasteiger partial charge < -0.3 is 14.6 Å². The van der Waals surface area contributed by atoms with E-state index in [-0.39, 0.29) is 24.6 Å². The van der Waals surface area contributed by atoms with E-state index in [0.29, 0.717) is 11.3 Å². The van der Waals surface area contributed by atoms with Gasteiger partial charge in [-0.1, -0.05) is 31.5 Å². The molecule has 6 heteroatoms. The van der Waals surface area contributed by atoms with Crippen molar-refractivity contribution in [3.63, 3.8) is 0 Å². The Balaban J connectivity index is 0.00000151. The summed E-state index contributed by atoms with van der Waals surface area (Å²) in [4.78, 5) is 35.4. The minimum absolute atomic E-state index is 0.194. The van der Waals surface area contributed by atoms with Crippen molar-refractivity contribution in [3.8, 4) is 0 Å². The van der Waals surface area contributed by atoms with E-state index < -0.39 is 5.97 Å².